The molecule has 0 spiro atoms. The summed E-state index contributed by atoms with van der Waals surface area (Å²) >= 11 is 13.1. The van der Waals surface area contributed by atoms with Crippen LogP contribution in [0.3, 0.4) is 0 Å². The first-order chi connectivity index (χ1) is 9.56. The van der Waals surface area contributed by atoms with Crippen LogP contribution < -0.4 is 11.1 Å². The Morgan fingerprint density at radius 3 is 2.90 bits per heavy atom. The molecule has 0 unspecified atom stereocenters. The number of nitrogens with two attached hydrogens (primary N) is 1. The Kier molecular flexibility index (Phi) is 5.17. The maximum atomic E-state index is 11.8. The van der Waals surface area contributed by atoms with E-state index in [0.29, 0.717) is 32.4 Å². The Morgan fingerprint density at radius 2 is 2.25 bits per heavy atom. The van der Waals surface area contributed by atoms with Crippen molar-refractivity contribution in [2.75, 3.05) is 16.8 Å². The van der Waals surface area contributed by atoms with Crippen molar-refractivity contribution in [3.05, 3.63) is 34.6 Å². The minimum Gasteiger partial charge on any atom is -0.440 e. The van der Waals surface area contributed by atoms with Gasteiger partial charge in [-0.1, -0.05) is 35.0 Å². The second-order valence-electron chi connectivity index (χ2n) is 3.80. The van der Waals surface area contributed by atoms with Gasteiger partial charge in [0.25, 0.3) is 5.22 Å². The molecule has 0 radical (unpaired) electrons. The van der Waals surface area contributed by atoms with E-state index in [0.717, 1.165) is 0 Å². The monoisotopic (exact) mass is 331 g/mol. The summed E-state index contributed by atoms with van der Waals surface area (Å²) in [5.74, 6) is 0.345. The highest BCUT2D eigenvalue weighted by Gasteiger charge is 2.11. The first-order valence-corrected chi connectivity index (χ1v) is 7.37. The number of nitrogens with zero attached hydrogens (tertiary/aromatic N) is 1. The zero-order valence-electron chi connectivity index (χ0n) is 10.2. The van der Waals surface area contributed by atoms with Gasteiger partial charge in [0.2, 0.25) is 5.91 Å². The molecule has 0 aliphatic heterocycles. The molecular weight excluding hydrogens is 321 g/mol. The lowest BCUT2D eigenvalue weighted by atomic mass is 10.2. The summed E-state index contributed by atoms with van der Waals surface area (Å²) in [5.41, 5.74) is 6.47. The lowest BCUT2D eigenvalue weighted by molar-refractivity contribution is -0.115. The molecule has 0 bridgehead atoms. The van der Waals surface area contributed by atoms with Crippen LogP contribution in [0.5, 0.6) is 0 Å². The molecule has 3 N–H and O–H groups in total. The van der Waals surface area contributed by atoms with Crippen LogP contribution in [0.1, 0.15) is 6.42 Å². The molecule has 0 atom stereocenters. The average molecular weight is 332 g/mol. The molecule has 0 aliphatic rings. The number of carbonyl (C=O) groups excluding carboxylic acids is 1. The first kappa shape index (κ1) is 15.0. The SMILES string of the molecule is Nc1cc(Cl)cc(Cl)c1NC(=O)CCSc1ncco1. The van der Waals surface area contributed by atoms with Crippen molar-refractivity contribution in [3.8, 4) is 0 Å². The van der Waals surface area contributed by atoms with Crippen LogP contribution in [0.15, 0.2) is 34.2 Å². The lowest BCUT2D eigenvalue weighted by Gasteiger charge is -2.10. The Bertz CT molecular complexity index is 582. The fourth-order valence-electron chi connectivity index (χ4n) is 1.44. The van der Waals surface area contributed by atoms with Crippen molar-refractivity contribution in [1.29, 1.82) is 0 Å². The fraction of sp³-hybridized carbons (Fsp3) is 0.167. The normalized spacial score (nSPS) is 10.5. The summed E-state index contributed by atoms with van der Waals surface area (Å²) < 4.78 is 5.05. The topological polar surface area (TPSA) is 81.1 Å². The van der Waals surface area contributed by atoms with Crippen LogP contribution in [-0.4, -0.2) is 16.6 Å². The van der Waals surface area contributed by atoms with Gasteiger partial charge in [0.15, 0.2) is 0 Å². The van der Waals surface area contributed by atoms with Crippen LogP contribution in [0, 0.1) is 0 Å². The average Bonchev–Trinajstić information content (AvgIpc) is 2.87. The molecule has 0 fully saturated rings. The summed E-state index contributed by atoms with van der Waals surface area (Å²) in [6.45, 7) is 0. The first-order valence-electron chi connectivity index (χ1n) is 5.63. The van der Waals surface area contributed by atoms with Gasteiger partial charge >= 0.3 is 0 Å². The fourth-order valence-corrected chi connectivity index (χ4v) is 2.72. The van der Waals surface area contributed by atoms with E-state index in [2.05, 4.69) is 10.3 Å². The van der Waals surface area contributed by atoms with Crippen molar-refractivity contribution in [1.82, 2.24) is 4.98 Å². The summed E-state index contributed by atoms with van der Waals surface area (Å²) in [4.78, 5) is 15.8. The maximum Gasteiger partial charge on any atom is 0.255 e. The van der Waals surface area contributed by atoms with Gasteiger partial charge < -0.3 is 15.5 Å². The van der Waals surface area contributed by atoms with E-state index in [1.165, 1.54) is 30.2 Å². The van der Waals surface area contributed by atoms with Crippen molar-refractivity contribution in [2.24, 2.45) is 0 Å². The number of aromatic nitrogens is 1. The number of thioether (sulfide) groups is 1. The number of halogens is 2. The molecule has 8 heteroatoms. The largest absolute Gasteiger partial charge is 0.440 e. The van der Waals surface area contributed by atoms with Crippen molar-refractivity contribution >= 4 is 52.2 Å². The second kappa shape index (κ2) is 6.88. The number of amides is 1. The standard InChI is InChI=1S/C12H11Cl2N3O2S/c13-7-5-8(14)11(9(15)6-7)17-10(18)1-4-20-12-16-2-3-19-12/h2-3,5-6H,1,4,15H2,(H,17,18). The third kappa shape index (κ3) is 4.06. The lowest BCUT2D eigenvalue weighted by Crippen LogP contribution is -2.14. The highest BCUT2D eigenvalue weighted by molar-refractivity contribution is 7.99. The maximum absolute atomic E-state index is 11.8. The Balaban J connectivity index is 1.88. The summed E-state index contributed by atoms with van der Waals surface area (Å²) in [6.07, 6.45) is 3.32. The minimum absolute atomic E-state index is 0.194. The number of hydrogen-bond acceptors (Lipinski definition) is 5. The molecule has 0 aliphatic carbocycles. The zero-order valence-corrected chi connectivity index (χ0v) is 12.6. The second-order valence-corrected chi connectivity index (χ2v) is 5.69. The number of rotatable bonds is 5. The van der Waals surface area contributed by atoms with Crippen LogP contribution in [-0.2, 0) is 4.79 Å². The Hall–Kier alpha value is -1.37. The summed E-state index contributed by atoms with van der Waals surface area (Å²) in [5, 5.41) is 3.93. The van der Waals surface area contributed by atoms with Crippen molar-refractivity contribution in [3.63, 3.8) is 0 Å². The molecule has 0 saturated carbocycles. The van der Waals surface area contributed by atoms with Gasteiger partial charge in [-0.2, -0.15) is 0 Å². The minimum atomic E-state index is -0.194. The van der Waals surface area contributed by atoms with E-state index in [4.69, 9.17) is 33.4 Å². The smallest absolute Gasteiger partial charge is 0.255 e. The molecule has 1 heterocycles. The molecule has 1 amide bonds. The number of carbonyl (C=O) groups is 1. The number of nitrogen functional groups attached to an aromatic ring is 1. The number of benzene rings is 1. The molecule has 106 valence electrons. The third-order valence-corrected chi connectivity index (χ3v) is 3.69. The number of anilines is 2. The highest BCUT2D eigenvalue weighted by Crippen LogP contribution is 2.32. The van der Waals surface area contributed by atoms with Crippen LogP contribution in [0.2, 0.25) is 10.0 Å². The number of oxazole rings is 1. The molecule has 0 saturated heterocycles. The zero-order chi connectivity index (χ0) is 14.5. The van der Waals surface area contributed by atoms with Crippen molar-refractivity contribution < 1.29 is 9.21 Å². The third-order valence-electron chi connectivity index (χ3n) is 2.31. The molecular formula is C12H11Cl2N3O2S. The van der Waals surface area contributed by atoms with Gasteiger partial charge in [0.1, 0.15) is 6.26 Å². The van der Waals surface area contributed by atoms with E-state index < -0.39 is 0 Å². The van der Waals surface area contributed by atoms with Gasteiger partial charge in [0, 0.05) is 17.2 Å². The summed E-state index contributed by atoms with van der Waals surface area (Å²) in [7, 11) is 0. The highest BCUT2D eigenvalue weighted by atomic mass is 35.5. The van der Waals surface area contributed by atoms with Gasteiger partial charge in [-0.25, -0.2) is 4.98 Å². The van der Waals surface area contributed by atoms with Gasteiger partial charge in [-0.3, -0.25) is 4.79 Å². The molecule has 5 nitrogen and oxygen atoms in total. The number of hydrogen-bond donors (Lipinski definition) is 2. The molecule has 2 aromatic rings. The van der Waals surface area contributed by atoms with Crippen molar-refractivity contribution in [2.45, 2.75) is 11.6 Å². The van der Waals surface area contributed by atoms with Crippen LogP contribution >= 0.6 is 35.0 Å². The van der Waals surface area contributed by atoms with E-state index in [-0.39, 0.29) is 12.3 Å². The van der Waals surface area contributed by atoms with Gasteiger partial charge in [0.05, 0.1) is 22.6 Å². The van der Waals surface area contributed by atoms with E-state index in [1.807, 2.05) is 0 Å². The van der Waals surface area contributed by atoms with Crippen LogP contribution in [0.4, 0.5) is 11.4 Å². The summed E-state index contributed by atoms with van der Waals surface area (Å²) in [6, 6.07) is 3.06. The predicted octanol–water partition coefficient (Wildman–Crippen LogP) is 3.68. The number of nitrogens with one attached hydrogen (secondary N) is 1. The van der Waals surface area contributed by atoms with Gasteiger partial charge in [-0.05, 0) is 12.1 Å². The van der Waals surface area contributed by atoms with E-state index >= 15 is 0 Å². The molecule has 2 rings (SSSR count). The van der Waals surface area contributed by atoms with E-state index in [9.17, 15) is 4.79 Å². The Morgan fingerprint density at radius 1 is 1.45 bits per heavy atom. The van der Waals surface area contributed by atoms with E-state index in [1.54, 1.807) is 6.20 Å². The molecule has 20 heavy (non-hydrogen) atoms. The molecule has 1 aromatic heterocycles. The Labute approximate surface area is 129 Å². The van der Waals surface area contributed by atoms with Gasteiger partial charge in [-0.15, -0.1) is 0 Å². The quantitative estimate of drug-likeness (QED) is 0.645. The molecule has 1 aromatic carbocycles. The predicted molar refractivity (Wildman–Crippen MR) is 81.3 cm³/mol. The van der Waals surface area contributed by atoms with Crippen LogP contribution in [0.25, 0.3) is 0 Å².